The summed E-state index contributed by atoms with van der Waals surface area (Å²) in [7, 11) is 0. The second-order valence-electron chi connectivity index (χ2n) is 6.62. The lowest BCUT2D eigenvalue weighted by Crippen LogP contribution is -2.33. The zero-order chi connectivity index (χ0) is 17.4. The van der Waals surface area contributed by atoms with Crippen molar-refractivity contribution in [2.24, 2.45) is 0 Å². The molecule has 25 heavy (non-hydrogen) atoms. The molecule has 6 heteroatoms. The second kappa shape index (κ2) is 6.35. The lowest BCUT2D eigenvalue weighted by Gasteiger charge is -2.17. The van der Waals surface area contributed by atoms with Crippen LogP contribution >= 0.6 is 0 Å². The first-order valence-corrected chi connectivity index (χ1v) is 8.92. The quantitative estimate of drug-likeness (QED) is 0.788. The summed E-state index contributed by atoms with van der Waals surface area (Å²) in [6.45, 7) is 5.87. The molecule has 1 N–H and O–H groups in total. The maximum atomic E-state index is 12.6. The van der Waals surface area contributed by atoms with Crippen LogP contribution in [0.5, 0.6) is 0 Å². The van der Waals surface area contributed by atoms with Crippen molar-refractivity contribution >= 4 is 33.8 Å². The predicted molar refractivity (Wildman–Crippen MR) is 98.0 cm³/mol. The second-order valence-corrected chi connectivity index (χ2v) is 6.62. The van der Waals surface area contributed by atoms with E-state index in [1.54, 1.807) is 0 Å². The summed E-state index contributed by atoms with van der Waals surface area (Å²) < 4.78 is 6.03. The van der Waals surface area contributed by atoms with Crippen LogP contribution in [0.1, 0.15) is 43.7 Å². The molecular formula is C19H22N4O2. The van der Waals surface area contributed by atoms with E-state index in [-0.39, 0.29) is 17.8 Å². The number of nitrogens with one attached hydrogen (secondary N) is 1. The number of rotatable bonds is 4. The molecule has 3 heterocycles. The van der Waals surface area contributed by atoms with Gasteiger partial charge in [0.05, 0.1) is 0 Å². The van der Waals surface area contributed by atoms with Crippen molar-refractivity contribution in [2.45, 2.75) is 39.2 Å². The Labute approximate surface area is 146 Å². The SMILES string of the molecule is CCC(C)NC(=O)c1nc(N2CCCC2)c2oc3ccccc3c2n1. The van der Waals surface area contributed by atoms with Gasteiger partial charge in [0.25, 0.3) is 5.91 Å². The van der Waals surface area contributed by atoms with Gasteiger partial charge < -0.3 is 14.6 Å². The topological polar surface area (TPSA) is 71.3 Å². The maximum Gasteiger partial charge on any atom is 0.289 e. The summed E-state index contributed by atoms with van der Waals surface area (Å²) in [6, 6.07) is 7.86. The van der Waals surface area contributed by atoms with Gasteiger partial charge in [0.15, 0.2) is 11.4 Å². The number of hydrogen-bond acceptors (Lipinski definition) is 5. The molecule has 0 radical (unpaired) electrons. The number of nitrogens with zero attached hydrogens (tertiary/aromatic N) is 3. The number of aromatic nitrogens is 2. The van der Waals surface area contributed by atoms with E-state index < -0.39 is 0 Å². The van der Waals surface area contributed by atoms with Gasteiger partial charge in [-0.15, -0.1) is 0 Å². The number of anilines is 1. The fraction of sp³-hybridized carbons (Fsp3) is 0.421. The summed E-state index contributed by atoms with van der Waals surface area (Å²) >= 11 is 0. The van der Waals surface area contributed by atoms with Crippen LogP contribution in [0.15, 0.2) is 28.7 Å². The molecule has 2 aromatic heterocycles. The minimum atomic E-state index is -0.234. The Morgan fingerprint density at radius 3 is 2.80 bits per heavy atom. The third-order valence-corrected chi connectivity index (χ3v) is 4.80. The lowest BCUT2D eigenvalue weighted by molar-refractivity contribution is 0.0929. The number of hydrogen-bond donors (Lipinski definition) is 1. The molecule has 3 aromatic rings. The number of carbonyl (C=O) groups is 1. The molecule has 6 nitrogen and oxygen atoms in total. The van der Waals surface area contributed by atoms with Crippen LogP contribution < -0.4 is 10.2 Å². The van der Waals surface area contributed by atoms with Crippen molar-refractivity contribution in [1.82, 2.24) is 15.3 Å². The molecule has 4 rings (SSSR count). The molecule has 1 aliphatic heterocycles. The van der Waals surface area contributed by atoms with Crippen molar-refractivity contribution in [3.8, 4) is 0 Å². The van der Waals surface area contributed by atoms with Crippen LogP contribution in [0, 0.1) is 0 Å². The fourth-order valence-electron chi connectivity index (χ4n) is 3.21. The third kappa shape index (κ3) is 2.81. The minimum Gasteiger partial charge on any atom is -0.450 e. The molecule has 1 fully saturated rings. The van der Waals surface area contributed by atoms with Crippen LogP contribution in [-0.4, -0.2) is 35.0 Å². The van der Waals surface area contributed by atoms with Gasteiger partial charge in [-0.05, 0) is 38.3 Å². The first-order valence-electron chi connectivity index (χ1n) is 8.92. The molecule has 1 unspecified atom stereocenters. The smallest absolute Gasteiger partial charge is 0.289 e. The molecule has 0 spiro atoms. The number of fused-ring (bicyclic) bond motifs is 3. The fourth-order valence-corrected chi connectivity index (χ4v) is 3.21. The van der Waals surface area contributed by atoms with E-state index in [9.17, 15) is 4.79 Å². The van der Waals surface area contributed by atoms with Crippen LogP contribution in [-0.2, 0) is 0 Å². The van der Waals surface area contributed by atoms with Crippen molar-refractivity contribution in [2.75, 3.05) is 18.0 Å². The van der Waals surface area contributed by atoms with Crippen LogP contribution in [0.3, 0.4) is 0 Å². The van der Waals surface area contributed by atoms with Gasteiger partial charge in [-0.3, -0.25) is 4.79 Å². The van der Waals surface area contributed by atoms with Crippen molar-refractivity contribution in [3.63, 3.8) is 0 Å². The normalized spacial score (nSPS) is 15.8. The number of furan rings is 1. The Kier molecular flexibility index (Phi) is 4.03. The van der Waals surface area contributed by atoms with Crippen molar-refractivity contribution in [3.05, 3.63) is 30.1 Å². The van der Waals surface area contributed by atoms with Gasteiger partial charge in [0.2, 0.25) is 5.82 Å². The highest BCUT2D eigenvalue weighted by atomic mass is 16.3. The van der Waals surface area contributed by atoms with Gasteiger partial charge in [-0.25, -0.2) is 9.97 Å². The molecular weight excluding hydrogens is 316 g/mol. The highest BCUT2D eigenvalue weighted by Gasteiger charge is 2.24. The first-order chi connectivity index (χ1) is 12.2. The molecule has 130 valence electrons. The van der Waals surface area contributed by atoms with Crippen LogP contribution in [0.25, 0.3) is 22.1 Å². The van der Waals surface area contributed by atoms with Crippen molar-refractivity contribution < 1.29 is 9.21 Å². The van der Waals surface area contributed by atoms with E-state index in [4.69, 9.17) is 4.42 Å². The average Bonchev–Trinajstić information content (AvgIpc) is 3.28. The number of carbonyl (C=O) groups excluding carboxylic acids is 1. The summed E-state index contributed by atoms with van der Waals surface area (Å²) in [6.07, 6.45) is 3.11. The Morgan fingerprint density at radius 2 is 2.04 bits per heavy atom. The predicted octanol–water partition coefficient (Wildman–Crippen LogP) is 3.50. The molecule has 0 saturated carbocycles. The summed E-state index contributed by atoms with van der Waals surface area (Å²) in [5.74, 6) is 0.705. The Hall–Kier alpha value is -2.63. The summed E-state index contributed by atoms with van der Waals surface area (Å²) in [5.41, 5.74) is 2.15. The van der Waals surface area contributed by atoms with E-state index in [0.29, 0.717) is 11.1 Å². The summed E-state index contributed by atoms with van der Waals surface area (Å²) in [4.78, 5) is 23.9. The molecule has 1 amide bonds. The minimum absolute atomic E-state index is 0.0862. The summed E-state index contributed by atoms with van der Waals surface area (Å²) in [5, 5.41) is 3.87. The van der Waals surface area contributed by atoms with Gasteiger partial charge in [-0.2, -0.15) is 0 Å². The van der Waals surface area contributed by atoms with Gasteiger partial charge >= 0.3 is 0 Å². The van der Waals surface area contributed by atoms with Gasteiger partial charge in [0.1, 0.15) is 11.1 Å². The van der Waals surface area contributed by atoms with E-state index in [1.807, 2.05) is 38.1 Å². The molecule has 0 bridgehead atoms. The maximum absolute atomic E-state index is 12.6. The van der Waals surface area contributed by atoms with Gasteiger partial charge in [-0.1, -0.05) is 19.1 Å². The van der Waals surface area contributed by atoms with Crippen LogP contribution in [0.4, 0.5) is 5.82 Å². The highest BCUT2D eigenvalue weighted by molar-refractivity contribution is 6.07. The number of amides is 1. The standard InChI is InChI=1S/C19H22N4O2/c1-3-12(2)20-19(24)17-21-15-13-8-4-5-9-14(13)25-16(15)18(22-17)23-10-6-7-11-23/h4-5,8-9,12H,3,6-7,10-11H2,1-2H3,(H,20,24). The van der Waals surface area contributed by atoms with E-state index in [2.05, 4.69) is 20.2 Å². The number of para-hydroxylation sites is 1. The lowest BCUT2D eigenvalue weighted by atomic mass is 10.2. The molecule has 1 saturated heterocycles. The van der Waals surface area contributed by atoms with Gasteiger partial charge in [0, 0.05) is 24.5 Å². The molecule has 1 atom stereocenters. The average molecular weight is 338 g/mol. The Balaban J connectivity index is 1.89. The zero-order valence-corrected chi connectivity index (χ0v) is 14.6. The largest absolute Gasteiger partial charge is 0.450 e. The third-order valence-electron chi connectivity index (χ3n) is 4.80. The number of benzene rings is 1. The van der Waals surface area contributed by atoms with E-state index in [1.165, 1.54) is 0 Å². The van der Waals surface area contributed by atoms with Crippen LogP contribution in [0.2, 0.25) is 0 Å². The molecule has 1 aliphatic rings. The molecule has 0 aliphatic carbocycles. The molecule has 1 aromatic carbocycles. The zero-order valence-electron chi connectivity index (χ0n) is 14.6. The van der Waals surface area contributed by atoms with E-state index in [0.717, 1.165) is 49.1 Å². The highest BCUT2D eigenvalue weighted by Crippen LogP contribution is 2.34. The Bertz CT molecular complexity index is 928. The van der Waals surface area contributed by atoms with E-state index >= 15 is 0 Å². The monoisotopic (exact) mass is 338 g/mol. The van der Waals surface area contributed by atoms with Crippen molar-refractivity contribution in [1.29, 1.82) is 0 Å². The Morgan fingerprint density at radius 1 is 1.28 bits per heavy atom. The first kappa shape index (κ1) is 15.9.